The van der Waals surface area contributed by atoms with Crippen molar-refractivity contribution in [2.24, 2.45) is 5.92 Å². The quantitative estimate of drug-likeness (QED) is 0.198. The van der Waals surface area contributed by atoms with Crippen LogP contribution in [0.25, 0.3) is 33.1 Å². The van der Waals surface area contributed by atoms with Crippen LogP contribution in [0.2, 0.25) is 0 Å². The van der Waals surface area contributed by atoms with Gasteiger partial charge in [0.15, 0.2) is 0 Å². The van der Waals surface area contributed by atoms with Crippen molar-refractivity contribution in [2.75, 3.05) is 4.90 Å². The number of para-hydroxylation sites is 2. The van der Waals surface area contributed by atoms with E-state index < -0.39 is 0 Å². The van der Waals surface area contributed by atoms with Gasteiger partial charge < -0.3 is 9.47 Å². The average Bonchev–Trinajstić information content (AvgIpc) is 3.72. The first kappa shape index (κ1) is 27.1. The highest BCUT2D eigenvalue weighted by Gasteiger charge is 2.50. The SMILES string of the molecule is CC1(C)c2ccccc2C2C(N3C4=CC=C(c5ccc6c(c5)c5ccccc5n6C5=CC=CCC5)CC4c4ccccc43)=CC=CC21. The van der Waals surface area contributed by atoms with Gasteiger partial charge in [0, 0.05) is 45.4 Å². The Labute approximate surface area is 277 Å². The Morgan fingerprint density at radius 2 is 1.51 bits per heavy atom. The Kier molecular flexibility index (Phi) is 5.74. The third-order valence-corrected chi connectivity index (χ3v) is 11.7. The lowest BCUT2D eigenvalue weighted by molar-refractivity contribution is 0.384. The predicted octanol–water partition coefficient (Wildman–Crippen LogP) is 11.4. The maximum Gasteiger partial charge on any atom is 0.0538 e. The second kappa shape index (κ2) is 9.96. The minimum atomic E-state index is 0.0932. The zero-order chi connectivity index (χ0) is 31.3. The number of nitrogens with zero attached hydrogens (tertiary/aromatic N) is 2. The molecule has 47 heavy (non-hydrogen) atoms. The van der Waals surface area contributed by atoms with Crippen LogP contribution in [0.4, 0.5) is 5.69 Å². The standard InChI is InChI=1S/C45H38N2/c1-45(2)37-18-9-6-17-34(37)44-38(45)19-12-22-43(44)47-40-21-11-8-16-33(40)36-28-30(24-26-42(36)47)29-23-25-41-35(27-29)32-15-7-10-20-39(32)46(41)31-13-4-3-5-14-31/h3-4,6-13,15-27,36,38,44H,5,14,28H2,1-2H3. The largest absolute Gasteiger partial charge is 0.316 e. The lowest BCUT2D eigenvalue weighted by atomic mass is 9.73. The molecule has 3 unspecified atom stereocenters. The van der Waals surface area contributed by atoms with Crippen LogP contribution in [0.1, 0.15) is 67.2 Å². The van der Waals surface area contributed by atoms with Gasteiger partial charge in [0.2, 0.25) is 0 Å². The van der Waals surface area contributed by atoms with Crippen LogP contribution in [0.15, 0.2) is 151 Å². The van der Waals surface area contributed by atoms with Gasteiger partial charge in [-0.1, -0.05) is 111 Å². The minimum absolute atomic E-state index is 0.0932. The van der Waals surface area contributed by atoms with E-state index in [0.29, 0.717) is 17.8 Å². The molecule has 0 saturated carbocycles. The number of hydrogen-bond acceptors (Lipinski definition) is 1. The zero-order valence-electron chi connectivity index (χ0n) is 27.0. The van der Waals surface area contributed by atoms with Crippen molar-refractivity contribution >= 4 is 38.8 Å². The summed E-state index contributed by atoms with van der Waals surface area (Å²) in [7, 11) is 0. The van der Waals surface area contributed by atoms with Crippen LogP contribution in [0, 0.1) is 5.92 Å². The van der Waals surface area contributed by atoms with Gasteiger partial charge in [0.05, 0.1) is 11.0 Å². The van der Waals surface area contributed by atoms with Gasteiger partial charge in [-0.05, 0) is 101 Å². The van der Waals surface area contributed by atoms with E-state index in [-0.39, 0.29) is 5.41 Å². The fourth-order valence-electron chi connectivity index (χ4n) is 9.51. The zero-order valence-corrected chi connectivity index (χ0v) is 27.0. The monoisotopic (exact) mass is 606 g/mol. The predicted molar refractivity (Wildman–Crippen MR) is 197 cm³/mol. The first-order chi connectivity index (χ1) is 23.1. The number of anilines is 1. The number of rotatable bonds is 3. The summed E-state index contributed by atoms with van der Waals surface area (Å²) in [6.07, 6.45) is 21.9. The summed E-state index contributed by atoms with van der Waals surface area (Å²) in [5.41, 5.74) is 15.4. The molecule has 5 aliphatic rings. The lowest BCUT2D eigenvalue weighted by Crippen LogP contribution is -2.31. The molecule has 0 fully saturated rings. The molecule has 2 nitrogen and oxygen atoms in total. The van der Waals surface area contributed by atoms with E-state index in [4.69, 9.17) is 0 Å². The molecule has 1 aromatic heterocycles. The van der Waals surface area contributed by atoms with Gasteiger partial charge in [-0.3, -0.25) is 0 Å². The maximum atomic E-state index is 2.62. The molecule has 4 aromatic carbocycles. The molecule has 0 spiro atoms. The van der Waals surface area contributed by atoms with Gasteiger partial charge in [-0.25, -0.2) is 0 Å². The molecule has 3 atom stereocenters. The van der Waals surface area contributed by atoms with E-state index in [2.05, 4.69) is 163 Å². The van der Waals surface area contributed by atoms with Gasteiger partial charge in [0.25, 0.3) is 0 Å². The maximum absolute atomic E-state index is 2.62. The molecular formula is C45H38N2. The number of allylic oxidation sites excluding steroid dienone is 12. The lowest BCUT2D eigenvalue weighted by Gasteiger charge is -2.37. The minimum Gasteiger partial charge on any atom is -0.316 e. The van der Waals surface area contributed by atoms with Crippen molar-refractivity contribution in [2.45, 2.75) is 50.4 Å². The number of benzene rings is 4. The topological polar surface area (TPSA) is 8.17 Å². The molecule has 1 aliphatic heterocycles. The molecule has 5 aromatic rings. The van der Waals surface area contributed by atoms with E-state index >= 15 is 0 Å². The van der Waals surface area contributed by atoms with E-state index in [0.717, 1.165) is 19.3 Å². The van der Waals surface area contributed by atoms with Crippen LogP contribution < -0.4 is 4.90 Å². The van der Waals surface area contributed by atoms with Crippen molar-refractivity contribution in [3.05, 3.63) is 173 Å². The van der Waals surface area contributed by atoms with Crippen molar-refractivity contribution < 1.29 is 0 Å². The summed E-state index contributed by atoms with van der Waals surface area (Å²) in [5, 5.41) is 2.67. The first-order valence-electron chi connectivity index (χ1n) is 17.3. The Balaban J connectivity index is 1.09. The van der Waals surface area contributed by atoms with Gasteiger partial charge in [-0.2, -0.15) is 0 Å². The smallest absolute Gasteiger partial charge is 0.0538 e. The highest BCUT2D eigenvalue weighted by Crippen LogP contribution is 2.59. The average molecular weight is 607 g/mol. The first-order valence-corrected chi connectivity index (χ1v) is 17.3. The molecule has 0 radical (unpaired) electrons. The van der Waals surface area contributed by atoms with Crippen LogP contribution in [0.5, 0.6) is 0 Å². The van der Waals surface area contributed by atoms with E-state index in [1.54, 1.807) is 0 Å². The van der Waals surface area contributed by atoms with Crippen LogP contribution in [0.3, 0.4) is 0 Å². The molecule has 0 N–H and O–H groups in total. The van der Waals surface area contributed by atoms with Crippen LogP contribution in [-0.4, -0.2) is 4.57 Å². The van der Waals surface area contributed by atoms with E-state index in [1.807, 2.05) is 0 Å². The van der Waals surface area contributed by atoms with Crippen molar-refractivity contribution in [3.63, 3.8) is 0 Å². The molecule has 2 heteroatoms. The van der Waals surface area contributed by atoms with Crippen molar-refractivity contribution in [1.29, 1.82) is 0 Å². The summed E-state index contributed by atoms with van der Waals surface area (Å²) in [6, 6.07) is 34.4. The highest BCUT2D eigenvalue weighted by molar-refractivity contribution is 6.11. The summed E-state index contributed by atoms with van der Waals surface area (Å²) in [4.78, 5) is 2.62. The molecular weight excluding hydrogens is 569 g/mol. The fraction of sp³-hybridized carbons (Fsp3) is 0.200. The van der Waals surface area contributed by atoms with E-state index in [1.165, 1.54) is 72.4 Å². The number of fused-ring (bicyclic) bond motifs is 9. The summed E-state index contributed by atoms with van der Waals surface area (Å²) < 4.78 is 2.48. The van der Waals surface area contributed by atoms with Crippen molar-refractivity contribution in [1.82, 2.24) is 4.57 Å². The second-order valence-corrected chi connectivity index (χ2v) is 14.4. The number of hydrogen-bond donors (Lipinski definition) is 0. The van der Waals surface area contributed by atoms with Gasteiger partial charge in [-0.15, -0.1) is 0 Å². The molecule has 0 bridgehead atoms. The Morgan fingerprint density at radius 1 is 0.702 bits per heavy atom. The molecule has 2 heterocycles. The third kappa shape index (κ3) is 3.79. The van der Waals surface area contributed by atoms with Crippen molar-refractivity contribution in [3.8, 4) is 0 Å². The van der Waals surface area contributed by atoms with Crippen LogP contribution >= 0.6 is 0 Å². The Hall–Kier alpha value is -5.08. The summed E-state index contributed by atoms with van der Waals surface area (Å²) in [6.45, 7) is 4.85. The summed E-state index contributed by atoms with van der Waals surface area (Å²) in [5.74, 6) is 1.12. The molecule has 10 rings (SSSR count). The third-order valence-electron chi connectivity index (χ3n) is 11.7. The Morgan fingerprint density at radius 3 is 2.40 bits per heavy atom. The molecule has 228 valence electrons. The highest BCUT2D eigenvalue weighted by atomic mass is 15.2. The normalized spacial score (nSPS) is 23.5. The Bertz CT molecular complexity index is 2330. The second-order valence-electron chi connectivity index (χ2n) is 14.4. The molecule has 4 aliphatic carbocycles. The van der Waals surface area contributed by atoms with E-state index in [9.17, 15) is 0 Å². The van der Waals surface area contributed by atoms with Gasteiger partial charge >= 0.3 is 0 Å². The molecule has 0 saturated heterocycles. The molecule has 0 amide bonds. The summed E-state index contributed by atoms with van der Waals surface area (Å²) >= 11 is 0. The number of aromatic nitrogens is 1. The van der Waals surface area contributed by atoms with Gasteiger partial charge in [0.1, 0.15) is 0 Å². The fourth-order valence-corrected chi connectivity index (χ4v) is 9.51. The van der Waals surface area contributed by atoms with Crippen LogP contribution in [-0.2, 0) is 5.41 Å².